The molecule has 0 saturated carbocycles. The van der Waals surface area contributed by atoms with Gasteiger partial charge in [0.05, 0.1) is 7.11 Å². The molecule has 1 aliphatic rings. The first kappa shape index (κ1) is 16.0. The minimum atomic E-state index is -0.185. The first-order valence-electron chi connectivity index (χ1n) is 7.70. The SMILES string of the molecule is COc1ccc(NC(=O)N(C)Cc2ccc3c(c2)OCCO3)cc1. The zero-order valence-corrected chi connectivity index (χ0v) is 13.7. The number of carbonyl (C=O) groups excluding carboxylic acids is 1. The molecule has 0 bridgehead atoms. The van der Waals surface area contributed by atoms with Crippen LogP contribution in [0.15, 0.2) is 42.5 Å². The van der Waals surface area contributed by atoms with E-state index in [0.29, 0.717) is 19.8 Å². The average Bonchev–Trinajstić information content (AvgIpc) is 2.62. The van der Waals surface area contributed by atoms with E-state index in [1.165, 1.54) is 0 Å². The van der Waals surface area contributed by atoms with Crippen molar-refractivity contribution in [2.45, 2.75) is 6.54 Å². The molecule has 0 saturated heterocycles. The molecule has 24 heavy (non-hydrogen) atoms. The average molecular weight is 328 g/mol. The van der Waals surface area contributed by atoms with Crippen molar-refractivity contribution in [2.75, 3.05) is 32.7 Å². The van der Waals surface area contributed by atoms with E-state index >= 15 is 0 Å². The Balaban J connectivity index is 1.61. The summed E-state index contributed by atoms with van der Waals surface area (Å²) >= 11 is 0. The van der Waals surface area contributed by atoms with Crippen molar-refractivity contribution in [3.05, 3.63) is 48.0 Å². The van der Waals surface area contributed by atoms with Gasteiger partial charge in [0.25, 0.3) is 0 Å². The second kappa shape index (κ2) is 7.12. The fourth-order valence-electron chi connectivity index (χ4n) is 2.43. The number of anilines is 1. The summed E-state index contributed by atoms with van der Waals surface area (Å²) in [5.41, 5.74) is 1.70. The van der Waals surface area contributed by atoms with Gasteiger partial charge in [-0.1, -0.05) is 6.07 Å². The van der Waals surface area contributed by atoms with Gasteiger partial charge in [-0.2, -0.15) is 0 Å². The van der Waals surface area contributed by atoms with E-state index in [-0.39, 0.29) is 6.03 Å². The molecule has 0 spiro atoms. The summed E-state index contributed by atoms with van der Waals surface area (Å²) in [7, 11) is 3.35. The van der Waals surface area contributed by atoms with E-state index in [0.717, 1.165) is 28.5 Å². The zero-order valence-electron chi connectivity index (χ0n) is 13.7. The normalized spacial score (nSPS) is 12.4. The second-order valence-electron chi connectivity index (χ2n) is 5.49. The largest absolute Gasteiger partial charge is 0.497 e. The Morgan fingerprint density at radius 2 is 1.83 bits per heavy atom. The molecule has 6 nitrogen and oxygen atoms in total. The fraction of sp³-hybridized carbons (Fsp3) is 0.278. The molecule has 0 unspecified atom stereocenters. The van der Waals surface area contributed by atoms with E-state index in [1.807, 2.05) is 18.2 Å². The topological polar surface area (TPSA) is 60.0 Å². The van der Waals surface area contributed by atoms with Crippen LogP contribution >= 0.6 is 0 Å². The van der Waals surface area contributed by atoms with Gasteiger partial charge in [0, 0.05) is 19.3 Å². The Morgan fingerprint density at radius 1 is 1.12 bits per heavy atom. The summed E-state index contributed by atoms with van der Waals surface area (Å²) in [6.45, 7) is 1.58. The molecule has 6 heteroatoms. The van der Waals surface area contributed by atoms with Crippen LogP contribution in [0.25, 0.3) is 0 Å². The molecule has 1 heterocycles. The molecule has 1 N–H and O–H groups in total. The Morgan fingerprint density at radius 3 is 2.54 bits per heavy atom. The third kappa shape index (κ3) is 3.71. The van der Waals surface area contributed by atoms with Crippen LogP contribution in [0.1, 0.15) is 5.56 Å². The van der Waals surface area contributed by atoms with Gasteiger partial charge >= 0.3 is 6.03 Å². The first-order valence-corrected chi connectivity index (χ1v) is 7.70. The number of hydrogen-bond donors (Lipinski definition) is 1. The Kier molecular flexibility index (Phi) is 4.74. The van der Waals surface area contributed by atoms with Crippen LogP contribution in [0.5, 0.6) is 17.2 Å². The number of carbonyl (C=O) groups is 1. The first-order chi connectivity index (χ1) is 11.7. The lowest BCUT2D eigenvalue weighted by Crippen LogP contribution is -2.30. The van der Waals surface area contributed by atoms with Crippen LogP contribution in [-0.2, 0) is 6.54 Å². The van der Waals surface area contributed by atoms with Crippen molar-refractivity contribution in [3.8, 4) is 17.2 Å². The molecule has 2 aromatic carbocycles. The lowest BCUT2D eigenvalue weighted by atomic mass is 10.2. The molecule has 0 aromatic heterocycles. The van der Waals surface area contributed by atoms with Crippen molar-refractivity contribution in [2.24, 2.45) is 0 Å². The van der Waals surface area contributed by atoms with Crippen LogP contribution < -0.4 is 19.5 Å². The predicted octanol–water partition coefficient (Wildman–Crippen LogP) is 3.13. The maximum Gasteiger partial charge on any atom is 0.321 e. The molecule has 0 fully saturated rings. The van der Waals surface area contributed by atoms with Crippen molar-refractivity contribution >= 4 is 11.7 Å². The number of fused-ring (bicyclic) bond motifs is 1. The number of rotatable bonds is 4. The number of benzene rings is 2. The number of nitrogens with zero attached hydrogens (tertiary/aromatic N) is 1. The number of nitrogens with one attached hydrogen (secondary N) is 1. The minimum absolute atomic E-state index is 0.185. The summed E-state index contributed by atoms with van der Waals surface area (Å²) in [6, 6.07) is 12.7. The third-order valence-corrected chi connectivity index (χ3v) is 3.71. The third-order valence-electron chi connectivity index (χ3n) is 3.71. The highest BCUT2D eigenvalue weighted by atomic mass is 16.6. The van der Waals surface area contributed by atoms with E-state index in [1.54, 1.807) is 43.3 Å². The molecule has 3 rings (SSSR count). The van der Waals surface area contributed by atoms with E-state index in [9.17, 15) is 4.79 Å². The molecule has 1 aliphatic heterocycles. The molecule has 2 aromatic rings. The van der Waals surface area contributed by atoms with Gasteiger partial charge in [-0.3, -0.25) is 0 Å². The monoisotopic (exact) mass is 328 g/mol. The quantitative estimate of drug-likeness (QED) is 0.937. The smallest absolute Gasteiger partial charge is 0.321 e. The number of ether oxygens (including phenoxy) is 3. The Labute approximate surface area is 140 Å². The highest BCUT2D eigenvalue weighted by Gasteiger charge is 2.14. The van der Waals surface area contributed by atoms with Gasteiger partial charge in [-0.05, 0) is 42.0 Å². The van der Waals surface area contributed by atoms with Gasteiger partial charge < -0.3 is 24.4 Å². The highest BCUT2D eigenvalue weighted by molar-refractivity contribution is 5.89. The summed E-state index contributed by atoms with van der Waals surface area (Å²) in [4.78, 5) is 13.9. The molecular weight excluding hydrogens is 308 g/mol. The highest BCUT2D eigenvalue weighted by Crippen LogP contribution is 2.31. The second-order valence-corrected chi connectivity index (χ2v) is 5.49. The zero-order chi connectivity index (χ0) is 16.9. The standard InChI is InChI=1S/C18H20N2O4/c1-20(18(21)19-14-4-6-15(22-2)7-5-14)12-13-3-8-16-17(11-13)24-10-9-23-16/h3-8,11H,9-10,12H2,1-2H3,(H,19,21). The Hall–Kier alpha value is -2.89. The lowest BCUT2D eigenvalue weighted by molar-refractivity contribution is 0.171. The van der Waals surface area contributed by atoms with Crippen LogP contribution in [0.3, 0.4) is 0 Å². The van der Waals surface area contributed by atoms with Gasteiger partial charge in [0.15, 0.2) is 11.5 Å². The summed E-state index contributed by atoms with van der Waals surface area (Å²) in [6.07, 6.45) is 0. The lowest BCUT2D eigenvalue weighted by Gasteiger charge is -2.21. The Bertz CT molecular complexity index is 715. The predicted molar refractivity (Wildman–Crippen MR) is 90.9 cm³/mol. The molecule has 126 valence electrons. The van der Waals surface area contributed by atoms with Crippen LogP contribution in [0.4, 0.5) is 10.5 Å². The number of methoxy groups -OCH3 is 1. The van der Waals surface area contributed by atoms with Crippen LogP contribution in [0, 0.1) is 0 Å². The van der Waals surface area contributed by atoms with Crippen LogP contribution in [0.2, 0.25) is 0 Å². The van der Waals surface area contributed by atoms with Crippen molar-refractivity contribution < 1.29 is 19.0 Å². The van der Waals surface area contributed by atoms with Crippen LogP contribution in [-0.4, -0.2) is 38.3 Å². The van der Waals surface area contributed by atoms with E-state index in [2.05, 4.69) is 5.32 Å². The molecule has 0 aliphatic carbocycles. The minimum Gasteiger partial charge on any atom is -0.497 e. The van der Waals surface area contributed by atoms with Gasteiger partial charge in [-0.25, -0.2) is 4.79 Å². The van der Waals surface area contributed by atoms with Gasteiger partial charge in [0.1, 0.15) is 19.0 Å². The fourth-order valence-corrected chi connectivity index (χ4v) is 2.43. The van der Waals surface area contributed by atoms with Crippen molar-refractivity contribution in [3.63, 3.8) is 0 Å². The molecule has 2 amide bonds. The number of hydrogen-bond acceptors (Lipinski definition) is 4. The summed E-state index contributed by atoms with van der Waals surface area (Å²) in [5, 5.41) is 2.85. The van der Waals surface area contributed by atoms with E-state index in [4.69, 9.17) is 14.2 Å². The summed E-state index contributed by atoms with van der Waals surface area (Å²) < 4.78 is 16.2. The van der Waals surface area contributed by atoms with Crippen molar-refractivity contribution in [1.29, 1.82) is 0 Å². The van der Waals surface area contributed by atoms with Crippen molar-refractivity contribution in [1.82, 2.24) is 4.90 Å². The van der Waals surface area contributed by atoms with E-state index < -0.39 is 0 Å². The number of amides is 2. The maximum atomic E-state index is 12.3. The summed E-state index contributed by atoms with van der Waals surface area (Å²) in [5.74, 6) is 2.22. The number of urea groups is 1. The molecular formula is C18H20N2O4. The van der Waals surface area contributed by atoms with Gasteiger partial charge in [-0.15, -0.1) is 0 Å². The maximum absolute atomic E-state index is 12.3. The van der Waals surface area contributed by atoms with Gasteiger partial charge in [0.2, 0.25) is 0 Å². The molecule has 0 radical (unpaired) electrons. The molecule has 0 atom stereocenters.